The average molecular weight is 351 g/mol. The molecule has 1 atom stereocenters. The van der Waals surface area contributed by atoms with Crippen molar-refractivity contribution >= 4 is 27.3 Å². The normalized spacial score (nSPS) is 18.1. The van der Waals surface area contributed by atoms with Crippen LogP contribution in [0.2, 0.25) is 0 Å². The van der Waals surface area contributed by atoms with Gasteiger partial charge in [-0.2, -0.15) is 0 Å². The zero-order valence-electron chi connectivity index (χ0n) is 11.4. The quantitative estimate of drug-likeness (QED) is 0.627. The third-order valence-corrected chi connectivity index (χ3v) is 4.29. The molecule has 2 aromatic rings. The molecule has 0 aliphatic carbocycles. The molecule has 1 aromatic carbocycles. The fraction of sp³-hybridized carbons (Fsp3) is 0.357. The van der Waals surface area contributed by atoms with Crippen molar-refractivity contribution in [1.82, 2.24) is 9.55 Å². The van der Waals surface area contributed by atoms with Gasteiger partial charge in [-0.1, -0.05) is 15.9 Å². The Balaban J connectivity index is 1.90. The van der Waals surface area contributed by atoms with Crippen molar-refractivity contribution in [1.29, 1.82) is 0 Å². The zero-order valence-corrected chi connectivity index (χ0v) is 12.9. The van der Waals surface area contributed by atoms with Crippen molar-refractivity contribution in [2.24, 2.45) is 0 Å². The monoisotopic (exact) mass is 350 g/mol. The topological polar surface area (TPSA) is 64.2 Å². The molecule has 6 nitrogen and oxygen atoms in total. The van der Waals surface area contributed by atoms with Gasteiger partial charge in [0.1, 0.15) is 5.69 Å². The smallest absolute Gasteiger partial charge is 0.293 e. The molecule has 2 heterocycles. The molecule has 0 saturated carbocycles. The van der Waals surface area contributed by atoms with Gasteiger partial charge in [-0.25, -0.2) is 4.98 Å². The van der Waals surface area contributed by atoms with E-state index in [4.69, 9.17) is 0 Å². The molecule has 0 spiro atoms. The number of nitro benzene ring substituents is 1. The molecular formula is C14H15BrN4O2. The molecule has 1 fully saturated rings. The van der Waals surface area contributed by atoms with Gasteiger partial charge in [0.25, 0.3) is 5.69 Å². The largest absolute Gasteiger partial charge is 0.361 e. The van der Waals surface area contributed by atoms with Crippen LogP contribution < -0.4 is 4.90 Å². The second-order valence-corrected chi connectivity index (χ2v) is 6.05. The van der Waals surface area contributed by atoms with E-state index in [1.807, 2.05) is 22.9 Å². The highest BCUT2D eigenvalue weighted by Gasteiger charge is 2.29. The van der Waals surface area contributed by atoms with E-state index in [2.05, 4.69) is 25.8 Å². The molecule has 1 unspecified atom stereocenters. The van der Waals surface area contributed by atoms with Gasteiger partial charge in [0.05, 0.1) is 11.3 Å². The Labute approximate surface area is 130 Å². The van der Waals surface area contributed by atoms with E-state index in [0.717, 1.165) is 30.4 Å². The number of halogens is 1. The highest BCUT2D eigenvalue weighted by Crippen LogP contribution is 2.35. The first-order valence-corrected chi connectivity index (χ1v) is 7.61. The average Bonchev–Trinajstić information content (AvgIpc) is 3.11. The molecule has 1 aliphatic rings. The molecule has 1 aliphatic heterocycles. The summed E-state index contributed by atoms with van der Waals surface area (Å²) in [5.41, 5.74) is 0.854. The first-order valence-electron chi connectivity index (χ1n) is 6.81. The van der Waals surface area contributed by atoms with Crippen LogP contribution in [0, 0.1) is 10.1 Å². The molecular weight excluding hydrogens is 336 g/mol. The molecule has 0 radical (unpaired) electrons. The van der Waals surface area contributed by atoms with Crippen LogP contribution in [-0.4, -0.2) is 27.1 Å². The van der Waals surface area contributed by atoms with Crippen LogP contribution >= 0.6 is 15.9 Å². The lowest BCUT2D eigenvalue weighted by Gasteiger charge is -2.26. The summed E-state index contributed by atoms with van der Waals surface area (Å²) >= 11 is 3.30. The third-order valence-electron chi connectivity index (χ3n) is 3.80. The number of nitro groups is 1. The van der Waals surface area contributed by atoms with Crippen molar-refractivity contribution < 1.29 is 4.92 Å². The standard InChI is InChI=1S/C14H15BrN4O2/c15-11-3-4-13(14(8-11)19(20)21)18-6-1-2-12(18)9-17-7-5-16-10-17/h3-5,7-8,10,12H,1-2,6,9H2. The molecule has 0 N–H and O–H groups in total. The van der Waals surface area contributed by atoms with Crippen LogP contribution in [-0.2, 0) is 6.54 Å². The first-order chi connectivity index (χ1) is 10.1. The van der Waals surface area contributed by atoms with E-state index in [1.165, 1.54) is 0 Å². The number of rotatable bonds is 4. The Bertz CT molecular complexity index is 644. The maximum Gasteiger partial charge on any atom is 0.293 e. The van der Waals surface area contributed by atoms with Crippen molar-refractivity contribution in [3.63, 3.8) is 0 Å². The summed E-state index contributed by atoms with van der Waals surface area (Å²) in [6.07, 6.45) is 7.54. The Kier molecular flexibility index (Phi) is 3.92. The molecule has 1 aromatic heterocycles. The van der Waals surface area contributed by atoms with E-state index >= 15 is 0 Å². The Hall–Kier alpha value is -1.89. The van der Waals surface area contributed by atoms with E-state index in [1.54, 1.807) is 18.6 Å². The third kappa shape index (κ3) is 2.92. The molecule has 3 rings (SSSR count). The summed E-state index contributed by atoms with van der Waals surface area (Å²) in [5.74, 6) is 0. The van der Waals surface area contributed by atoms with Crippen LogP contribution in [0.15, 0.2) is 41.4 Å². The molecule has 0 bridgehead atoms. The van der Waals surface area contributed by atoms with Crippen molar-refractivity contribution in [3.8, 4) is 0 Å². The summed E-state index contributed by atoms with van der Waals surface area (Å²) in [4.78, 5) is 17.2. The molecule has 21 heavy (non-hydrogen) atoms. The molecule has 7 heteroatoms. The number of hydrogen-bond donors (Lipinski definition) is 0. The highest BCUT2D eigenvalue weighted by atomic mass is 79.9. The van der Waals surface area contributed by atoms with E-state index in [9.17, 15) is 10.1 Å². The van der Waals surface area contributed by atoms with Crippen molar-refractivity contribution in [2.75, 3.05) is 11.4 Å². The lowest BCUT2D eigenvalue weighted by atomic mass is 10.2. The van der Waals surface area contributed by atoms with Gasteiger partial charge in [0.15, 0.2) is 0 Å². The van der Waals surface area contributed by atoms with Crippen molar-refractivity contribution in [2.45, 2.75) is 25.4 Å². The predicted octanol–water partition coefficient (Wildman–Crippen LogP) is 3.22. The summed E-state index contributed by atoms with van der Waals surface area (Å²) < 4.78 is 2.75. The van der Waals surface area contributed by atoms with E-state index in [-0.39, 0.29) is 16.7 Å². The number of anilines is 1. The minimum atomic E-state index is -0.313. The van der Waals surface area contributed by atoms with Crippen LogP contribution in [0.4, 0.5) is 11.4 Å². The minimum Gasteiger partial charge on any atom is -0.361 e. The Morgan fingerprint density at radius 2 is 2.33 bits per heavy atom. The van der Waals surface area contributed by atoms with Gasteiger partial charge >= 0.3 is 0 Å². The number of benzene rings is 1. The molecule has 110 valence electrons. The van der Waals surface area contributed by atoms with Crippen molar-refractivity contribution in [3.05, 3.63) is 51.5 Å². The summed E-state index contributed by atoms with van der Waals surface area (Å²) in [7, 11) is 0. The second-order valence-electron chi connectivity index (χ2n) is 5.14. The molecule has 0 amide bonds. The summed E-state index contributed by atoms with van der Waals surface area (Å²) in [6, 6.07) is 5.52. The van der Waals surface area contributed by atoms with E-state index in [0.29, 0.717) is 5.69 Å². The SMILES string of the molecule is O=[N+]([O-])c1cc(Br)ccc1N1CCCC1Cn1ccnc1. The zero-order chi connectivity index (χ0) is 14.8. The van der Waals surface area contributed by atoms with Gasteiger partial charge in [-0.3, -0.25) is 10.1 Å². The van der Waals surface area contributed by atoms with E-state index < -0.39 is 0 Å². The van der Waals surface area contributed by atoms with Gasteiger partial charge in [-0.15, -0.1) is 0 Å². The van der Waals surface area contributed by atoms with Crippen LogP contribution in [0.3, 0.4) is 0 Å². The minimum absolute atomic E-state index is 0.155. The maximum absolute atomic E-state index is 11.3. The number of nitrogens with zero attached hydrogens (tertiary/aromatic N) is 4. The van der Waals surface area contributed by atoms with Gasteiger partial charge in [-0.05, 0) is 25.0 Å². The highest BCUT2D eigenvalue weighted by molar-refractivity contribution is 9.10. The van der Waals surface area contributed by atoms with Crippen LogP contribution in [0.1, 0.15) is 12.8 Å². The first kappa shape index (κ1) is 14.1. The van der Waals surface area contributed by atoms with Gasteiger partial charge in [0.2, 0.25) is 0 Å². The van der Waals surface area contributed by atoms with Gasteiger partial charge in [0, 0.05) is 42.1 Å². The van der Waals surface area contributed by atoms with Crippen LogP contribution in [0.25, 0.3) is 0 Å². The fourth-order valence-electron chi connectivity index (χ4n) is 2.87. The second kappa shape index (κ2) is 5.85. The van der Waals surface area contributed by atoms with Gasteiger partial charge < -0.3 is 9.47 Å². The number of imidazole rings is 1. The Morgan fingerprint density at radius 1 is 1.48 bits per heavy atom. The predicted molar refractivity (Wildman–Crippen MR) is 83.4 cm³/mol. The fourth-order valence-corrected chi connectivity index (χ4v) is 3.22. The lowest BCUT2D eigenvalue weighted by Crippen LogP contribution is -2.33. The Morgan fingerprint density at radius 3 is 3.05 bits per heavy atom. The van der Waals surface area contributed by atoms with Crippen LogP contribution in [0.5, 0.6) is 0 Å². The lowest BCUT2D eigenvalue weighted by molar-refractivity contribution is -0.384. The number of aromatic nitrogens is 2. The number of hydrogen-bond acceptors (Lipinski definition) is 4. The summed E-state index contributed by atoms with van der Waals surface area (Å²) in [5, 5.41) is 11.3. The molecule has 1 saturated heterocycles. The maximum atomic E-state index is 11.3. The summed E-state index contributed by atoms with van der Waals surface area (Å²) in [6.45, 7) is 1.65.